The standard InChI is InChI=1S/C28H31BrN2O6S3/c29-16-8-6-4-2-1-3-5-7-9-20-10-14-26-24(17-20)31-23-13-11-21(18-27(23)38-26)30-25-19-22(39(32,33)34)12-15-28(25)40(35,36)37/h10-15,17-19H,1-9,16H2,(H,32,33,34)(H,35,36,37). The van der Waals surface area contributed by atoms with Crippen LogP contribution in [0, 0.1) is 0 Å². The minimum absolute atomic E-state index is 0.310. The highest BCUT2D eigenvalue weighted by Crippen LogP contribution is 2.31. The first-order valence-electron chi connectivity index (χ1n) is 13.1. The van der Waals surface area contributed by atoms with Crippen LogP contribution in [0.5, 0.6) is 0 Å². The van der Waals surface area contributed by atoms with Gasteiger partial charge in [0.05, 0.1) is 36.7 Å². The van der Waals surface area contributed by atoms with E-state index in [0.29, 0.717) is 5.36 Å². The van der Waals surface area contributed by atoms with E-state index in [1.54, 1.807) is 18.2 Å². The first kappa shape index (κ1) is 30.7. The zero-order valence-electron chi connectivity index (χ0n) is 21.8. The summed E-state index contributed by atoms with van der Waals surface area (Å²) in [6, 6.07) is 14.1. The third-order valence-electron chi connectivity index (χ3n) is 6.53. The lowest BCUT2D eigenvalue weighted by Crippen LogP contribution is -2.05. The maximum atomic E-state index is 11.8. The number of hydrogen-bond donors (Lipinski definition) is 2. The van der Waals surface area contributed by atoms with Crippen LogP contribution in [-0.2, 0) is 26.7 Å². The number of nitrogens with zero attached hydrogens (tertiary/aromatic N) is 2. The van der Waals surface area contributed by atoms with Gasteiger partial charge in [-0.2, -0.15) is 16.8 Å². The molecule has 0 atom stereocenters. The molecule has 2 aromatic carbocycles. The molecule has 4 rings (SSSR count). The molecular weight excluding hydrogens is 636 g/mol. The van der Waals surface area contributed by atoms with Gasteiger partial charge in [-0.25, -0.2) is 9.98 Å². The fourth-order valence-electron chi connectivity index (χ4n) is 4.47. The molecule has 12 heteroatoms. The average Bonchev–Trinajstić information content (AvgIpc) is 2.90. The van der Waals surface area contributed by atoms with Gasteiger partial charge in [0.15, 0.2) is 0 Å². The molecule has 40 heavy (non-hydrogen) atoms. The van der Waals surface area contributed by atoms with E-state index in [1.807, 2.05) is 0 Å². The van der Waals surface area contributed by atoms with Crippen LogP contribution in [0.4, 0.5) is 5.69 Å². The first-order chi connectivity index (χ1) is 19.0. The minimum Gasteiger partial charge on any atom is -0.282 e. The van der Waals surface area contributed by atoms with Crippen LogP contribution in [0.25, 0.3) is 20.8 Å². The summed E-state index contributed by atoms with van der Waals surface area (Å²) in [5.41, 5.74) is 2.60. The summed E-state index contributed by atoms with van der Waals surface area (Å²) in [5.74, 6) is 0. The predicted molar refractivity (Wildman–Crippen MR) is 162 cm³/mol. The summed E-state index contributed by atoms with van der Waals surface area (Å²) in [5, 5.41) is 1.43. The van der Waals surface area contributed by atoms with Crippen LogP contribution < -0.4 is 5.36 Å². The number of benzene rings is 3. The van der Waals surface area contributed by atoms with Gasteiger partial charge in [0, 0.05) is 5.33 Å². The van der Waals surface area contributed by atoms with Crippen molar-refractivity contribution >= 4 is 63.4 Å². The number of halogens is 1. The molecule has 1 aliphatic heterocycles. The Kier molecular flexibility index (Phi) is 10.5. The predicted octanol–water partition coefficient (Wildman–Crippen LogP) is 7.19. The van der Waals surface area contributed by atoms with E-state index in [2.05, 4.69) is 39.1 Å². The largest absolute Gasteiger partial charge is 0.296 e. The minimum atomic E-state index is -4.69. The van der Waals surface area contributed by atoms with Gasteiger partial charge in [0.2, 0.25) is 0 Å². The molecule has 0 fully saturated rings. The van der Waals surface area contributed by atoms with Crippen LogP contribution in [-0.4, -0.2) is 36.3 Å². The lowest BCUT2D eigenvalue weighted by Gasteiger charge is -2.09. The van der Waals surface area contributed by atoms with E-state index in [1.165, 1.54) is 61.8 Å². The zero-order valence-corrected chi connectivity index (χ0v) is 25.8. The molecule has 2 aliphatic rings. The van der Waals surface area contributed by atoms with Crippen LogP contribution >= 0.6 is 27.3 Å². The molecule has 0 radical (unpaired) electrons. The van der Waals surface area contributed by atoms with Crippen LogP contribution in [0.3, 0.4) is 0 Å². The lowest BCUT2D eigenvalue weighted by molar-refractivity contribution is 0.478. The third kappa shape index (κ3) is 8.40. The van der Waals surface area contributed by atoms with E-state index >= 15 is 0 Å². The van der Waals surface area contributed by atoms with Gasteiger partial charge in [-0.1, -0.05) is 60.5 Å². The van der Waals surface area contributed by atoms with Gasteiger partial charge < -0.3 is 0 Å². The van der Waals surface area contributed by atoms with Crippen LogP contribution in [0.2, 0.25) is 0 Å². The molecule has 8 nitrogen and oxygen atoms in total. The monoisotopic (exact) mass is 666 g/mol. The second-order valence-corrected chi connectivity index (χ2v) is 14.3. The molecule has 214 valence electrons. The summed E-state index contributed by atoms with van der Waals surface area (Å²) in [6.45, 7) is 0. The van der Waals surface area contributed by atoms with Crippen molar-refractivity contribution < 1.29 is 25.9 Å². The van der Waals surface area contributed by atoms with Crippen molar-refractivity contribution in [3.63, 3.8) is 0 Å². The van der Waals surface area contributed by atoms with Crippen molar-refractivity contribution in [3.8, 4) is 10.6 Å². The molecule has 1 aliphatic carbocycles. The van der Waals surface area contributed by atoms with Crippen molar-refractivity contribution in [1.82, 2.24) is 4.98 Å². The third-order valence-corrected chi connectivity index (χ3v) is 9.96. The lowest BCUT2D eigenvalue weighted by atomic mass is 10.0. The number of hydrogen-bond acceptors (Lipinski definition) is 7. The normalized spacial score (nSPS) is 12.9. The summed E-state index contributed by atoms with van der Waals surface area (Å²) in [6.07, 6.45) is 11.2. The Balaban J connectivity index is 1.52. The van der Waals surface area contributed by atoms with Crippen molar-refractivity contribution in [1.29, 1.82) is 0 Å². The van der Waals surface area contributed by atoms with Crippen molar-refractivity contribution in [2.45, 2.75) is 67.6 Å². The SMILES string of the molecule is O=S(=O)(O)c1ccc(S(=O)(=O)O)c(N=c2ccc3nc4cc(CCCCCCCCCCBr)ccc4sc-3c2)c1. The first-order valence-corrected chi connectivity index (χ1v) is 17.9. The Bertz CT molecular complexity index is 1740. The van der Waals surface area contributed by atoms with Gasteiger partial charge in [-0.05, 0) is 73.4 Å². The van der Waals surface area contributed by atoms with Gasteiger partial charge in [-0.15, -0.1) is 11.3 Å². The second-order valence-electron chi connectivity index (χ2n) is 9.63. The maximum Gasteiger partial charge on any atom is 0.296 e. The number of unbranched alkanes of at least 4 members (excludes halogenated alkanes) is 7. The van der Waals surface area contributed by atoms with E-state index in [4.69, 9.17) is 4.98 Å². The van der Waals surface area contributed by atoms with Gasteiger partial charge in [-0.3, -0.25) is 9.11 Å². The molecule has 0 unspecified atom stereocenters. The average molecular weight is 668 g/mol. The van der Waals surface area contributed by atoms with E-state index < -0.39 is 30.0 Å². The molecule has 0 saturated heterocycles. The Morgan fingerprint density at radius 3 is 2.15 bits per heavy atom. The number of rotatable bonds is 13. The van der Waals surface area contributed by atoms with Crippen molar-refractivity contribution in [3.05, 3.63) is 65.5 Å². The number of aryl methyl sites for hydroxylation is 1. The Morgan fingerprint density at radius 2 is 1.48 bits per heavy atom. The van der Waals surface area contributed by atoms with E-state index in [0.717, 1.165) is 57.2 Å². The fourth-order valence-corrected chi connectivity index (χ4v) is 6.96. The summed E-state index contributed by atoms with van der Waals surface area (Å²) in [7, 11) is -9.29. The maximum absolute atomic E-state index is 11.8. The Hall–Kier alpha value is -2.22. The van der Waals surface area contributed by atoms with Gasteiger partial charge in [0.1, 0.15) is 4.90 Å². The highest BCUT2D eigenvalue weighted by Gasteiger charge is 2.19. The number of fused-ring (bicyclic) bond motifs is 2. The van der Waals surface area contributed by atoms with E-state index in [-0.39, 0.29) is 5.69 Å². The number of aromatic nitrogens is 1. The molecule has 0 spiro atoms. The molecule has 2 N–H and O–H groups in total. The molecule has 1 heterocycles. The Morgan fingerprint density at radius 1 is 0.775 bits per heavy atom. The van der Waals surface area contributed by atoms with Crippen molar-refractivity contribution in [2.75, 3.05) is 5.33 Å². The molecule has 0 saturated carbocycles. The smallest absolute Gasteiger partial charge is 0.282 e. The van der Waals surface area contributed by atoms with Crippen LogP contribution in [0.15, 0.2) is 69.4 Å². The molecule has 0 amide bonds. The van der Waals surface area contributed by atoms with E-state index in [9.17, 15) is 25.9 Å². The highest BCUT2D eigenvalue weighted by molar-refractivity contribution is 9.09. The quantitative estimate of drug-likeness (QED) is 0.0668. The molecule has 2 aromatic rings. The molecular formula is C28H31BrN2O6S3. The topological polar surface area (TPSA) is 134 Å². The van der Waals surface area contributed by atoms with Crippen molar-refractivity contribution in [2.24, 2.45) is 4.99 Å². The second kappa shape index (κ2) is 13.6. The van der Waals surface area contributed by atoms with Gasteiger partial charge in [0.25, 0.3) is 20.2 Å². The Labute approximate surface area is 247 Å². The molecule has 0 aromatic heterocycles. The highest BCUT2D eigenvalue weighted by atomic mass is 79.9. The van der Waals surface area contributed by atoms with Crippen LogP contribution in [0.1, 0.15) is 56.9 Å². The number of alkyl halides is 1. The molecule has 0 bridgehead atoms. The summed E-state index contributed by atoms with van der Waals surface area (Å²) in [4.78, 5) is 8.76. The summed E-state index contributed by atoms with van der Waals surface area (Å²) < 4.78 is 66.7. The summed E-state index contributed by atoms with van der Waals surface area (Å²) >= 11 is 4.99. The zero-order chi connectivity index (χ0) is 28.8. The van der Waals surface area contributed by atoms with Gasteiger partial charge >= 0.3 is 0 Å². The fraction of sp³-hybridized carbons (Fsp3) is 0.357.